The summed E-state index contributed by atoms with van der Waals surface area (Å²) in [7, 11) is 1.43. The van der Waals surface area contributed by atoms with E-state index in [9.17, 15) is 27.9 Å². The molecule has 6 nitrogen and oxygen atoms in total. The van der Waals surface area contributed by atoms with Gasteiger partial charge in [-0.25, -0.2) is 4.79 Å². The second-order valence-corrected chi connectivity index (χ2v) is 11.1. The molecule has 1 amide bonds. The Labute approximate surface area is 260 Å². The molecule has 9 heteroatoms. The number of hydrogen-bond acceptors (Lipinski definition) is 4. The number of carbonyl (C=O) groups excluding carboxylic acids is 1. The highest BCUT2D eigenvalue weighted by molar-refractivity contribution is 5.89. The third-order valence-electron chi connectivity index (χ3n) is 8.26. The third kappa shape index (κ3) is 7.61. The Morgan fingerprint density at radius 3 is 2.20 bits per heavy atom. The first kappa shape index (κ1) is 31.9. The average Bonchev–Trinajstić information content (AvgIpc) is 3.34. The number of carboxylic acids is 1. The lowest BCUT2D eigenvalue weighted by atomic mass is 9.93. The van der Waals surface area contributed by atoms with Gasteiger partial charge in [-0.3, -0.25) is 4.79 Å². The van der Waals surface area contributed by atoms with Gasteiger partial charge in [0.25, 0.3) is 0 Å². The summed E-state index contributed by atoms with van der Waals surface area (Å²) >= 11 is 0. The molecule has 1 aliphatic carbocycles. The van der Waals surface area contributed by atoms with Gasteiger partial charge in [0, 0.05) is 32.5 Å². The van der Waals surface area contributed by atoms with E-state index in [1.165, 1.54) is 24.3 Å². The summed E-state index contributed by atoms with van der Waals surface area (Å²) in [5.74, 6) is -1.09. The zero-order valence-corrected chi connectivity index (χ0v) is 24.9. The van der Waals surface area contributed by atoms with Crippen molar-refractivity contribution in [3.63, 3.8) is 0 Å². The van der Waals surface area contributed by atoms with Crippen molar-refractivity contribution < 1.29 is 32.6 Å². The SMILES string of the molecule is COC(CNCCc1cc(CCNC(=O)CC2c3ccccc3-c3ccccc32)ccc1C(=O)O)c1cccc(C(F)(F)F)c1. The predicted molar refractivity (Wildman–Crippen MR) is 166 cm³/mol. The monoisotopic (exact) mass is 616 g/mol. The Morgan fingerprint density at radius 1 is 0.867 bits per heavy atom. The van der Waals surface area contributed by atoms with E-state index in [-0.39, 0.29) is 23.9 Å². The predicted octanol–water partition coefficient (Wildman–Crippen LogP) is 6.78. The zero-order valence-electron chi connectivity index (χ0n) is 24.9. The van der Waals surface area contributed by atoms with Crippen LogP contribution in [-0.4, -0.2) is 43.7 Å². The molecule has 4 aromatic carbocycles. The molecule has 0 aliphatic heterocycles. The number of hydrogen-bond donors (Lipinski definition) is 3. The van der Waals surface area contributed by atoms with Crippen LogP contribution in [-0.2, 0) is 28.5 Å². The van der Waals surface area contributed by atoms with Gasteiger partial charge in [-0.2, -0.15) is 13.2 Å². The largest absolute Gasteiger partial charge is 0.478 e. The number of carboxylic acid groups (broad SMARTS) is 1. The lowest BCUT2D eigenvalue weighted by Gasteiger charge is -2.18. The summed E-state index contributed by atoms with van der Waals surface area (Å²) in [6, 6.07) is 26.5. The highest BCUT2D eigenvalue weighted by Gasteiger charge is 2.31. The number of methoxy groups -OCH3 is 1. The van der Waals surface area contributed by atoms with Crippen molar-refractivity contribution in [1.29, 1.82) is 0 Å². The van der Waals surface area contributed by atoms with Crippen LogP contribution in [0.15, 0.2) is 91.0 Å². The van der Waals surface area contributed by atoms with E-state index in [1.54, 1.807) is 18.2 Å². The number of ether oxygens (including phenoxy) is 1. The van der Waals surface area contributed by atoms with Crippen LogP contribution < -0.4 is 10.6 Å². The van der Waals surface area contributed by atoms with Gasteiger partial charge < -0.3 is 20.5 Å². The fourth-order valence-electron chi connectivity index (χ4n) is 6.01. The van der Waals surface area contributed by atoms with Crippen LogP contribution in [0.3, 0.4) is 0 Å². The topological polar surface area (TPSA) is 87.7 Å². The maximum Gasteiger partial charge on any atom is 0.416 e. The molecule has 234 valence electrons. The number of nitrogens with one attached hydrogen (secondary N) is 2. The average molecular weight is 617 g/mol. The van der Waals surface area contributed by atoms with Gasteiger partial charge in [-0.05, 0) is 76.5 Å². The molecule has 0 bridgehead atoms. The molecule has 0 spiro atoms. The number of fused-ring (bicyclic) bond motifs is 3. The maximum absolute atomic E-state index is 13.1. The summed E-state index contributed by atoms with van der Waals surface area (Å²) < 4.78 is 44.8. The number of halogens is 3. The normalized spacial score (nSPS) is 13.2. The summed E-state index contributed by atoms with van der Waals surface area (Å²) in [4.78, 5) is 24.9. The molecule has 3 N–H and O–H groups in total. The molecule has 0 radical (unpaired) electrons. The number of alkyl halides is 3. The van der Waals surface area contributed by atoms with E-state index in [0.29, 0.717) is 43.5 Å². The van der Waals surface area contributed by atoms with E-state index >= 15 is 0 Å². The van der Waals surface area contributed by atoms with Crippen molar-refractivity contribution in [2.45, 2.75) is 37.5 Å². The summed E-state index contributed by atoms with van der Waals surface area (Å²) in [6.45, 7) is 1.05. The van der Waals surface area contributed by atoms with E-state index in [1.807, 2.05) is 30.3 Å². The van der Waals surface area contributed by atoms with Gasteiger partial charge in [0.1, 0.15) is 0 Å². The lowest BCUT2D eigenvalue weighted by Crippen LogP contribution is -2.27. The Morgan fingerprint density at radius 2 is 1.56 bits per heavy atom. The Bertz CT molecular complexity index is 1620. The van der Waals surface area contributed by atoms with Crippen molar-refractivity contribution in [1.82, 2.24) is 10.6 Å². The number of benzene rings is 4. The molecule has 1 unspecified atom stereocenters. The van der Waals surface area contributed by atoms with E-state index in [4.69, 9.17) is 4.74 Å². The molecule has 4 aromatic rings. The van der Waals surface area contributed by atoms with E-state index in [0.717, 1.165) is 28.8 Å². The van der Waals surface area contributed by atoms with Gasteiger partial charge in [0.15, 0.2) is 0 Å². The van der Waals surface area contributed by atoms with Crippen molar-refractivity contribution in [2.24, 2.45) is 0 Å². The number of carbonyl (C=O) groups is 2. The van der Waals surface area contributed by atoms with Crippen molar-refractivity contribution in [3.8, 4) is 11.1 Å². The first-order chi connectivity index (χ1) is 21.7. The molecule has 0 saturated carbocycles. The molecule has 0 fully saturated rings. The lowest BCUT2D eigenvalue weighted by molar-refractivity contribution is -0.137. The highest BCUT2D eigenvalue weighted by atomic mass is 19.4. The van der Waals surface area contributed by atoms with Crippen molar-refractivity contribution in [3.05, 3.63) is 130 Å². The number of amides is 1. The maximum atomic E-state index is 13.1. The molecular weight excluding hydrogens is 581 g/mol. The van der Waals surface area contributed by atoms with Crippen LogP contribution in [0.5, 0.6) is 0 Å². The molecule has 0 heterocycles. The Balaban J connectivity index is 1.15. The second kappa shape index (κ2) is 14.1. The summed E-state index contributed by atoms with van der Waals surface area (Å²) in [5.41, 5.74) is 6.01. The number of rotatable bonds is 13. The molecule has 45 heavy (non-hydrogen) atoms. The Hall–Kier alpha value is -4.47. The molecule has 0 aromatic heterocycles. The van der Waals surface area contributed by atoms with Crippen LogP contribution in [0.25, 0.3) is 11.1 Å². The van der Waals surface area contributed by atoms with Crippen LogP contribution in [0.2, 0.25) is 0 Å². The van der Waals surface area contributed by atoms with Gasteiger partial charge in [-0.1, -0.05) is 72.8 Å². The van der Waals surface area contributed by atoms with Gasteiger partial charge in [-0.15, -0.1) is 0 Å². The van der Waals surface area contributed by atoms with Crippen LogP contribution >= 0.6 is 0 Å². The summed E-state index contributed by atoms with van der Waals surface area (Å²) in [6.07, 6.45) is -3.79. The quantitative estimate of drug-likeness (QED) is 0.144. The zero-order chi connectivity index (χ0) is 32.0. The summed E-state index contributed by atoms with van der Waals surface area (Å²) in [5, 5.41) is 15.9. The molecule has 1 aliphatic rings. The van der Waals surface area contributed by atoms with Crippen LogP contribution in [0.1, 0.15) is 62.2 Å². The Kier molecular flexibility index (Phi) is 10.0. The molecule has 0 saturated heterocycles. The standard InChI is InChI=1S/C36H35F3N2O4/c1-45-33(25-7-6-8-26(20-25)36(37,38)39)22-40-17-16-24-19-23(13-14-27(24)35(43)44)15-18-41-34(42)21-32-30-11-4-2-9-28(30)29-10-3-5-12-31(29)32/h2-14,19-20,32-33,40H,15-18,21-22H2,1H3,(H,41,42)(H,43,44). The van der Waals surface area contributed by atoms with Crippen LogP contribution in [0.4, 0.5) is 13.2 Å². The van der Waals surface area contributed by atoms with E-state index in [2.05, 4.69) is 34.9 Å². The highest BCUT2D eigenvalue weighted by Crippen LogP contribution is 2.46. The fraction of sp³-hybridized carbons (Fsp3) is 0.278. The second-order valence-electron chi connectivity index (χ2n) is 11.1. The first-order valence-electron chi connectivity index (χ1n) is 14.9. The van der Waals surface area contributed by atoms with Crippen LogP contribution in [0, 0.1) is 0 Å². The minimum Gasteiger partial charge on any atom is -0.478 e. The van der Waals surface area contributed by atoms with Crippen molar-refractivity contribution >= 4 is 11.9 Å². The fourth-order valence-corrected chi connectivity index (χ4v) is 6.01. The van der Waals surface area contributed by atoms with E-state index < -0.39 is 23.8 Å². The van der Waals surface area contributed by atoms with Gasteiger partial charge >= 0.3 is 12.1 Å². The first-order valence-corrected chi connectivity index (χ1v) is 14.9. The smallest absolute Gasteiger partial charge is 0.416 e. The van der Waals surface area contributed by atoms with Crippen molar-refractivity contribution in [2.75, 3.05) is 26.7 Å². The minimum absolute atomic E-state index is 0.00219. The molecule has 1 atom stereocenters. The molecular formula is C36H35F3N2O4. The number of aromatic carboxylic acids is 1. The molecule has 5 rings (SSSR count). The van der Waals surface area contributed by atoms with Gasteiger partial charge in [0.2, 0.25) is 5.91 Å². The minimum atomic E-state index is -4.45. The third-order valence-corrected chi connectivity index (χ3v) is 8.26. The van der Waals surface area contributed by atoms with Gasteiger partial charge in [0.05, 0.1) is 17.2 Å².